The third-order valence-corrected chi connectivity index (χ3v) is 11.7. The highest BCUT2D eigenvalue weighted by atomic mass is 32.1. The molecule has 0 fully saturated rings. The van der Waals surface area contributed by atoms with Crippen molar-refractivity contribution in [2.45, 2.75) is 0 Å². The average molecular weight is 734 g/mol. The molecule has 0 amide bonds. The van der Waals surface area contributed by atoms with Gasteiger partial charge in [-0.2, -0.15) is 0 Å². The van der Waals surface area contributed by atoms with Gasteiger partial charge in [-0.15, -0.1) is 11.3 Å². The molecule has 0 aliphatic heterocycles. The number of benzene rings is 8. The first-order valence-electron chi connectivity index (χ1n) is 18.7. The molecule has 0 aliphatic carbocycles. The number of nitrogens with zero attached hydrogens (tertiary/aromatic N) is 3. The number of hydrogen-bond acceptors (Lipinski definition) is 5. The molecule has 0 saturated heterocycles. The summed E-state index contributed by atoms with van der Waals surface area (Å²) in [7, 11) is 0. The maximum Gasteiger partial charge on any atom is 0.164 e. The lowest BCUT2D eigenvalue weighted by atomic mass is 9.96. The fourth-order valence-corrected chi connectivity index (χ4v) is 8.90. The molecule has 4 nitrogen and oxygen atoms in total. The van der Waals surface area contributed by atoms with Gasteiger partial charge in [0.05, 0.1) is 0 Å². The van der Waals surface area contributed by atoms with Crippen LogP contribution in [0.15, 0.2) is 192 Å². The molecule has 0 aliphatic rings. The van der Waals surface area contributed by atoms with Crippen molar-refractivity contribution >= 4 is 53.4 Å². The number of aromatic nitrogens is 3. The molecule has 5 heteroatoms. The molecular formula is C51H31N3OS. The SMILES string of the molecule is c1ccc(-c2ccc(-c3nc(-c4ccccc4)nc(-c4cccc5oc6c(-c7cccc(-c8ccc9sc%10ccccc%10c9c8)c7)cccc6c45)n3)cc2)cc1. The van der Waals surface area contributed by atoms with Crippen LogP contribution in [0.5, 0.6) is 0 Å². The van der Waals surface area contributed by atoms with Crippen LogP contribution in [0.2, 0.25) is 0 Å². The smallest absolute Gasteiger partial charge is 0.164 e. The Morgan fingerprint density at radius 3 is 1.70 bits per heavy atom. The lowest BCUT2D eigenvalue weighted by Gasteiger charge is -2.10. The molecule has 11 aromatic rings. The van der Waals surface area contributed by atoms with Crippen LogP contribution in [-0.2, 0) is 0 Å². The number of fused-ring (bicyclic) bond motifs is 6. The summed E-state index contributed by atoms with van der Waals surface area (Å²) in [4.78, 5) is 15.2. The Kier molecular flexibility index (Phi) is 7.64. The summed E-state index contributed by atoms with van der Waals surface area (Å²) in [6.07, 6.45) is 0. The zero-order chi connectivity index (χ0) is 37.0. The zero-order valence-electron chi connectivity index (χ0n) is 30.1. The van der Waals surface area contributed by atoms with Crippen LogP contribution < -0.4 is 0 Å². The molecule has 8 aromatic carbocycles. The predicted octanol–water partition coefficient (Wildman–Crippen LogP) is 14.1. The summed E-state index contributed by atoms with van der Waals surface area (Å²) < 4.78 is 9.37. The molecule has 0 N–H and O–H groups in total. The van der Waals surface area contributed by atoms with Gasteiger partial charge in [-0.05, 0) is 58.1 Å². The normalized spacial score (nSPS) is 11.6. The van der Waals surface area contributed by atoms with E-state index in [1.807, 2.05) is 59.9 Å². The molecule has 0 atom stereocenters. The molecule has 262 valence electrons. The first-order valence-corrected chi connectivity index (χ1v) is 19.5. The second-order valence-electron chi connectivity index (χ2n) is 14.0. The van der Waals surface area contributed by atoms with Gasteiger partial charge in [0.2, 0.25) is 0 Å². The van der Waals surface area contributed by atoms with E-state index in [1.54, 1.807) is 0 Å². The topological polar surface area (TPSA) is 51.8 Å². The van der Waals surface area contributed by atoms with Crippen molar-refractivity contribution in [3.63, 3.8) is 0 Å². The summed E-state index contributed by atoms with van der Waals surface area (Å²) in [6, 6.07) is 65.7. The predicted molar refractivity (Wildman–Crippen MR) is 233 cm³/mol. The standard InChI is InChI=1S/C51H31N3OS/c1-3-12-32(13-4-1)33-24-26-35(27-25-33)50-52-49(34-14-5-2-6-15-34)53-51(54-50)42-21-11-22-44-47(42)41-20-10-19-39(48(41)55-44)38-17-9-16-36(30-38)37-28-29-46-43(31-37)40-18-7-8-23-45(40)56-46/h1-31H. The summed E-state index contributed by atoms with van der Waals surface area (Å²) in [5, 5.41) is 4.59. The van der Waals surface area contributed by atoms with Crippen LogP contribution in [0.1, 0.15) is 0 Å². The summed E-state index contributed by atoms with van der Waals surface area (Å²) in [5.74, 6) is 1.83. The second kappa shape index (κ2) is 13.3. The van der Waals surface area contributed by atoms with Crippen molar-refractivity contribution in [2.24, 2.45) is 0 Å². The third kappa shape index (κ3) is 5.56. The quantitative estimate of drug-likeness (QED) is 0.171. The maximum atomic E-state index is 6.76. The van der Waals surface area contributed by atoms with Gasteiger partial charge in [0, 0.05) is 53.2 Å². The van der Waals surface area contributed by atoms with E-state index in [4.69, 9.17) is 19.4 Å². The van der Waals surface area contributed by atoms with Gasteiger partial charge in [-0.25, -0.2) is 15.0 Å². The number of para-hydroxylation sites is 1. The Morgan fingerprint density at radius 2 is 0.875 bits per heavy atom. The van der Waals surface area contributed by atoms with Crippen LogP contribution in [0.25, 0.3) is 110 Å². The van der Waals surface area contributed by atoms with Crippen LogP contribution in [0.4, 0.5) is 0 Å². The lowest BCUT2D eigenvalue weighted by Crippen LogP contribution is -2.00. The molecule has 3 aromatic heterocycles. The first kappa shape index (κ1) is 32.2. The van der Waals surface area contributed by atoms with Gasteiger partial charge in [-0.1, -0.05) is 158 Å². The number of rotatable bonds is 6. The minimum absolute atomic E-state index is 0.595. The molecule has 0 bridgehead atoms. The zero-order valence-corrected chi connectivity index (χ0v) is 30.9. The van der Waals surface area contributed by atoms with Crippen molar-refractivity contribution in [3.05, 3.63) is 188 Å². The van der Waals surface area contributed by atoms with Crippen molar-refractivity contribution in [3.8, 4) is 67.5 Å². The van der Waals surface area contributed by atoms with Gasteiger partial charge < -0.3 is 4.42 Å². The highest BCUT2D eigenvalue weighted by molar-refractivity contribution is 7.25. The fourth-order valence-electron chi connectivity index (χ4n) is 7.82. The molecule has 11 rings (SSSR count). The van der Waals surface area contributed by atoms with Crippen molar-refractivity contribution in [1.29, 1.82) is 0 Å². The average Bonchev–Trinajstić information content (AvgIpc) is 3.85. The molecule has 0 saturated carbocycles. The van der Waals surface area contributed by atoms with E-state index in [0.717, 1.165) is 60.9 Å². The Morgan fingerprint density at radius 1 is 0.339 bits per heavy atom. The van der Waals surface area contributed by atoms with E-state index < -0.39 is 0 Å². The Labute approximate surface area is 327 Å². The maximum absolute atomic E-state index is 6.76. The van der Waals surface area contributed by atoms with Gasteiger partial charge in [0.1, 0.15) is 11.2 Å². The van der Waals surface area contributed by atoms with E-state index in [1.165, 1.54) is 31.3 Å². The van der Waals surface area contributed by atoms with E-state index in [9.17, 15) is 0 Å². The van der Waals surface area contributed by atoms with E-state index in [0.29, 0.717) is 17.5 Å². The largest absolute Gasteiger partial charge is 0.455 e. The Bertz CT molecular complexity index is 3240. The molecule has 0 spiro atoms. The molecule has 0 unspecified atom stereocenters. The second-order valence-corrected chi connectivity index (χ2v) is 15.1. The highest BCUT2D eigenvalue weighted by Crippen LogP contribution is 2.42. The lowest BCUT2D eigenvalue weighted by molar-refractivity contribution is 0.670. The molecular weight excluding hydrogens is 703 g/mol. The third-order valence-electron chi connectivity index (χ3n) is 10.6. The van der Waals surface area contributed by atoms with Gasteiger partial charge in [-0.3, -0.25) is 0 Å². The molecule has 0 radical (unpaired) electrons. The molecule has 3 heterocycles. The van der Waals surface area contributed by atoms with Crippen molar-refractivity contribution in [1.82, 2.24) is 15.0 Å². The van der Waals surface area contributed by atoms with E-state index in [2.05, 4.69) is 140 Å². The summed E-state index contributed by atoms with van der Waals surface area (Å²) in [5.41, 5.74) is 11.1. The van der Waals surface area contributed by atoms with Crippen LogP contribution in [0, 0.1) is 0 Å². The van der Waals surface area contributed by atoms with Crippen LogP contribution in [-0.4, -0.2) is 15.0 Å². The van der Waals surface area contributed by atoms with E-state index in [-0.39, 0.29) is 0 Å². The van der Waals surface area contributed by atoms with Crippen LogP contribution >= 0.6 is 11.3 Å². The minimum atomic E-state index is 0.595. The molecule has 56 heavy (non-hydrogen) atoms. The first-order chi connectivity index (χ1) is 27.7. The van der Waals surface area contributed by atoms with Crippen LogP contribution in [0.3, 0.4) is 0 Å². The highest BCUT2D eigenvalue weighted by Gasteiger charge is 2.20. The summed E-state index contributed by atoms with van der Waals surface area (Å²) in [6.45, 7) is 0. The Balaban J connectivity index is 1.04. The Hall–Kier alpha value is -7.21. The van der Waals surface area contributed by atoms with Gasteiger partial charge in [0.25, 0.3) is 0 Å². The van der Waals surface area contributed by atoms with E-state index >= 15 is 0 Å². The number of hydrogen-bond donors (Lipinski definition) is 0. The number of furan rings is 1. The van der Waals surface area contributed by atoms with Crippen molar-refractivity contribution < 1.29 is 4.42 Å². The number of thiophene rings is 1. The van der Waals surface area contributed by atoms with Gasteiger partial charge >= 0.3 is 0 Å². The van der Waals surface area contributed by atoms with Crippen molar-refractivity contribution in [2.75, 3.05) is 0 Å². The fraction of sp³-hybridized carbons (Fsp3) is 0. The summed E-state index contributed by atoms with van der Waals surface area (Å²) >= 11 is 1.84. The van der Waals surface area contributed by atoms with Gasteiger partial charge in [0.15, 0.2) is 17.5 Å². The monoisotopic (exact) mass is 733 g/mol. The minimum Gasteiger partial charge on any atom is -0.455 e.